The van der Waals surface area contributed by atoms with Crippen LogP contribution in [-0.2, 0) is 0 Å². The van der Waals surface area contributed by atoms with Crippen molar-refractivity contribution >= 4 is 37.7 Å². The summed E-state index contributed by atoms with van der Waals surface area (Å²) in [5, 5.41) is 0. The second-order valence-electron chi connectivity index (χ2n) is 2.43. The van der Waals surface area contributed by atoms with Gasteiger partial charge in [-0.25, -0.2) is 0 Å². The number of hydrogen-bond donors (Lipinski definition) is 0. The van der Waals surface area contributed by atoms with Crippen molar-refractivity contribution in [2.24, 2.45) is 0 Å². The van der Waals surface area contributed by atoms with Gasteiger partial charge in [0.25, 0.3) is 0 Å². The first-order valence-corrected chi connectivity index (χ1v) is 3.79. The maximum absolute atomic E-state index is 4.19. The van der Waals surface area contributed by atoms with Crippen LogP contribution in [0.15, 0.2) is 48.8 Å². The zero-order valence-electron chi connectivity index (χ0n) is 9.22. The molecular formula is C10H10CaN2. The third-order valence-electron chi connectivity index (χ3n) is 1.59. The molecule has 0 spiro atoms. The number of aromatic nitrogens is 2. The van der Waals surface area contributed by atoms with Crippen molar-refractivity contribution in [3.8, 4) is 11.4 Å². The van der Waals surface area contributed by atoms with Gasteiger partial charge in [-0.05, 0) is 24.3 Å². The van der Waals surface area contributed by atoms with E-state index in [4.69, 9.17) is 0 Å². The molecule has 2 aromatic rings. The molecular weight excluding hydrogens is 188 g/mol. The van der Waals surface area contributed by atoms with E-state index in [0.29, 0.717) is 0 Å². The minimum atomic E-state index is 0. The number of nitrogens with zero attached hydrogens (tertiary/aromatic N) is 2. The Morgan fingerprint density at radius 1 is 0.769 bits per heavy atom. The van der Waals surface area contributed by atoms with Gasteiger partial charge < -0.3 is 2.85 Å². The Hall–Kier alpha value is -0.440. The minimum Gasteiger partial charge on any atom is -1.00 e. The third kappa shape index (κ3) is 2.76. The average Bonchev–Trinajstić information content (AvgIpc) is 2.21. The van der Waals surface area contributed by atoms with E-state index in [0.717, 1.165) is 11.4 Å². The van der Waals surface area contributed by atoms with Gasteiger partial charge in [-0.3, -0.25) is 9.97 Å². The molecule has 2 nitrogen and oxygen atoms in total. The van der Waals surface area contributed by atoms with Gasteiger partial charge in [-0.2, -0.15) is 0 Å². The number of hydrogen-bond acceptors (Lipinski definition) is 2. The van der Waals surface area contributed by atoms with Gasteiger partial charge in [-0.15, -0.1) is 0 Å². The standard InChI is InChI=1S/C10H8N2.Ca.2H/c1-3-7-11-9(5-1)10-6-2-4-8-12-10;;;/h1-8H;;;/q;+2;2*-1. The fourth-order valence-electron chi connectivity index (χ4n) is 1.03. The van der Waals surface area contributed by atoms with Crippen molar-refractivity contribution < 1.29 is 2.85 Å². The normalized spacial score (nSPS) is 8.92. The van der Waals surface area contributed by atoms with Crippen LogP contribution in [0, 0.1) is 0 Å². The smallest absolute Gasteiger partial charge is 1.00 e. The van der Waals surface area contributed by atoms with Crippen LogP contribution in [0.4, 0.5) is 0 Å². The van der Waals surface area contributed by atoms with E-state index in [9.17, 15) is 0 Å². The van der Waals surface area contributed by atoms with Crippen molar-refractivity contribution in [1.29, 1.82) is 0 Å². The molecule has 0 aromatic carbocycles. The molecule has 0 saturated carbocycles. The Balaban J connectivity index is 0. The SMILES string of the molecule is [Ca+2].[H-].[H-].c1ccc(-c2ccccn2)nc1. The van der Waals surface area contributed by atoms with Crippen molar-refractivity contribution in [2.45, 2.75) is 0 Å². The Morgan fingerprint density at radius 3 is 1.54 bits per heavy atom. The monoisotopic (exact) mass is 198 g/mol. The second-order valence-corrected chi connectivity index (χ2v) is 2.43. The maximum Gasteiger partial charge on any atom is 2.00 e. The zero-order valence-corrected chi connectivity index (χ0v) is 9.43. The fraction of sp³-hybridized carbons (Fsp3) is 0. The van der Waals surface area contributed by atoms with Gasteiger partial charge in [0.1, 0.15) is 0 Å². The number of rotatable bonds is 1. The summed E-state index contributed by atoms with van der Waals surface area (Å²) in [4.78, 5) is 8.37. The molecule has 0 unspecified atom stereocenters. The van der Waals surface area contributed by atoms with E-state index in [2.05, 4.69) is 9.97 Å². The van der Waals surface area contributed by atoms with Gasteiger partial charge in [0.15, 0.2) is 0 Å². The summed E-state index contributed by atoms with van der Waals surface area (Å²) >= 11 is 0. The maximum atomic E-state index is 4.19. The molecule has 62 valence electrons. The third-order valence-corrected chi connectivity index (χ3v) is 1.59. The van der Waals surface area contributed by atoms with E-state index < -0.39 is 0 Å². The Kier molecular flexibility index (Phi) is 4.36. The van der Waals surface area contributed by atoms with Gasteiger partial charge in [0.2, 0.25) is 0 Å². The summed E-state index contributed by atoms with van der Waals surface area (Å²) in [5.41, 5.74) is 1.83. The van der Waals surface area contributed by atoms with Crippen LogP contribution in [0.25, 0.3) is 11.4 Å². The molecule has 0 N–H and O–H groups in total. The summed E-state index contributed by atoms with van der Waals surface area (Å²) in [5.74, 6) is 0. The summed E-state index contributed by atoms with van der Waals surface area (Å²) in [6.45, 7) is 0. The topological polar surface area (TPSA) is 25.8 Å². The van der Waals surface area contributed by atoms with E-state index >= 15 is 0 Å². The first kappa shape index (κ1) is 10.6. The van der Waals surface area contributed by atoms with Gasteiger partial charge in [0, 0.05) is 12.4 Å². The molecule has 3 heteroatoms. The van der Waals surface area contributed by atoms with Crippen molar-refractivity contribution in [2.75, 3.05) is 0 Å². The molecule has 13 heavy (non-hydrogen) atoms. The van der Waals surface area contributed by atoms with Crippen LogP contribution in [0.2, 0.25) is 0 Å². The van der Waals surface area contributed by atoms with Crippen LogP contribution in [0.5, 0.6) is 0 Å². The molecule has 0 aliphatic carbocycles. The number of pyridine rings is 2. The Labute approximate surface area is 110 Å². The summed E-state index contributed by atoms with van der Waals surface area (Å²) in [6.07, 6.45) is 3.54. The predicted molar refractivity (Wildman–Crippen MR) is 55.4 cm³/mol. The molecule has 0 fully saturated rings. The summed E-state index contributed by atoms with van der Waals surface area (Å²) in [7, 11) is 0. The molecule has 0 amide bonds. The van der Waals surface area contributed by atoms with E-state index in [1.807, 2.05) is 36.4 Å². The second kappa shape index (κ2) is 5.32. The van der Waals surface area contributed by atoms with E-state index in [1.54, 1.807) is 12.4 Å². The zero-order chi connectivity index (χ0) is 8.23. The van der Waals surface area contributed by atoms with Gasteiger partial charge in [0.05, 0.1) is 11.4 Å². The fourth-order valence-corrected chi connectivity index (χ4v) is 1.03. The first-order valence-electron chi connectivity index (χ1n) is 3.79. The van der Waals surface area contributed by atoms with Crippen LogP contribution in [0.3, 0.4) is 0 Å². The van der Waals surface area contributed by atoms with Gasteiger partial charge in [-0.1, -0.05) is 12.1 Å². The Bertz CT molecular complexity index is 319. The molecule has 0 radical (unpaired) electrons. The summed E-state index contributed by atoms with van der Waals surface area (Å²) < 4.78 is 0. The van der Waals surface area contributed by atoms with Crippen LogP contribution in [0.1, 0.15) is 2.85 Å². The molecule has 2 rings (SSSR count). The molecule has 0 atom stereocenters. The Morgan fingerprint density at radius 2 is 1.23 bits per heavy atom. The van der Waals surface area contributed by atoms with E-state index in [1.165, 1.54) is 0 Å². The van der Waals surface area contributed by atoms with E-state index in [-0.39, 0.29) is 40.6 Å². The van der Waals surface area contributed by atoms with Crippen LogP contribution < -0.4 is 0 Å². The van der Waals surface area contributed by atoms with Crippen molar-refractivity contribution in [1.82, 2.24) is 9.97 Å². The van der Waals surface area contributed by atoms with Crippen LogP contribution in [-0.4, -0.2) is 47.7 Å². The quantitative estimate of drug-likeness (QED) is 0.655. The molecule has 0 aliphatic rings. The van der Waals surface area contributed by atoms with Crippen molar-refractivity contribution in [3.63, 3.8) is 0 Å². The summed E-state index contributed by atoms with van der Waals surface area (Å²) in [6, 6.07) is 11.6. The average molecular weight is 198 g/mol. The molecule has 2 aromatic heterocycles. The minimum absolute atomic E-state index is 0. The van der Waals surface area contributed by atoms with Gasteiger partial charge >= 0.3 is 37.7 Å². The molecule has 2 heterocycles. The first-order chi connectivity index (χ1) is 5.97. The molecule has 0 aliphatic heterocycles. The molecule has 0 saturated heterocycles. The molecule has 0 bridgehead atoms. The van der Waals surface area contributed by atoms with Crippen LogP contribution >= 0.6 is 0 Å². The predicted octanol–water partition coefficient (Wildman–Crippen LogP) is 1.99. The van der Waals surface area contributed by atoms with Crippen molar-refractivity contribution in [3.05, 3.63) is 48.8 Å². The largest absolute Gasteiger partial charge is 2.00 e.